The molecule has 0 bridgehead atoms. The Hall–Kier alpha value is -9.11. The largest absolute Gasteiger partial charge is 0.309 e. The Balaban J connectivity index is 1.11. The molecule has 0 N–H and O–H groups in total. The molecule has 2 aromatic heterocycles. The van der Waals surface area contributed by atoms with E-state index in [4.69, 9.17) is 4.98 Å². The van der Waals surface area contributed by atoms with Gasteiger partial charge in [0.05, 0.1) is 11.0 Å². The molecule has 2 heteroatoms. The van der Waals surface area contributed by atoms with Gasteiger partial charge in [-0.1, -0.05) is 200 Å². The highest BCUT2D eigenvalue weighted by atomic mass is 15.0. The third-order valence-corrected chi connectivity index (χ3v) is 14.9. The fourth-order valence-corrected chi connectivity index (χ4v) is 12.2. The maximum absolute atomic E-state index is 4.73. The van der Waals surface area contributed by atoms with Crippen molar-refractivity contribution in [3.05, 3.63) is 243 Å². The minimum atomic E-state index is 1.13. The number of para-hydroxylation sites is 1. The molecule has 318 valence electrons. The second-order valence-electron chi connectivity index (χ2n) is 18.5. The van der Waals surface area contributed by atoms with Crippen LogP contribution < -0.4 is 0 Å². The number of aromatic nitrogens is 2. The van der Waals surface area contributed by atoms with Crippen LogP contribution in [0.4, 0.5) is 0 Å². The van der Waals surface area contributed by atoms with Crippen LogP contribution in [0.3, 0.4) is 0 Å². The first kappa shape index (κ1) is 38.0. The Bertz CT molecular complexity index is 4450. The van der Waals surface area contributed by atoms with Gasteiger partial charge in [0.1, 0.15) is 0 Å². The summed E-state index contributed by atoms with van der Waals surface area (Å²) in [5.41, 5.74) is 18.5. The van der Waals surface area contributed by atoms with Gasteiger partial charge in [-0.3, -0.25) is 4.98 Å². The summed E-state index contributed by atoms with van der Waals surface area (Å²) in [7, 11) is 0. The lowest BCUT2D eigenvalue weighted by Crippen LogP contribution is -1.97. The molecule has 0 atom stereocenters. The Morgan fingerprint density at radius 1 is 0.290 bits per heavy atom. The van der Waals surface area contributed by atoms with Crippen LogP contribution in [0.15, 0.2) is 243 Å². The number of fused-ring (bicyclic) bond motifs is 11. The molecule has 0 aliphatic heterocycles. The van der Waals surface area contributed by atoms with Crippen molar-refractivity contribution in [2.75, 3.05) is 0 Å². The molecule has 0 spiro atoms. The molecule has 0 fully saturated rings. The molecule has 14 aromatic rings. The minimum Gasteiger partial charge on any atom is -0.309 e. The topological polar surface area (TPSA) is 17.8 Å². The molecule has 0 radical (unpaired) electrons. The van der Waals surface area contributed by atoms with Crippen molar-refractivity contribution in [1.29, 1.82) is 0 Å². The van der Waals surface area contributed by atoms with E-state index in [1.165, 1.54) is 132 Å². The maximum atomic E-state index is 4.73. The third kappa shape index (κ3) is 5.40. The summed E-state index contributed by atoms with van der Waals surface area (Å²) >= 11 is 0. The van der Waals surface area contributed by atoms with Gasteiger partial charge in [-0.25, -0.2) is 0 Å². The summed E-state index contributed by atoms with van der Waals surface area (Å²) in [4.78, 5) is 4.73. The first-order chi connectivity index (χ1) is 34.3. The summed E-state index contributed by atoms with van der Waals surface area (Å²) in [6, 6.07) is 85.6. The van der Waals surface area contributed by atoms with E-state index in [1.807, 2.05) is 12.4 Å². The molecule has 15 rings (SSSR count). The van der Waals surface area contributed by atoms with Gasteiger partial charge in [0, 0.05) is 34.2 Å². The number of benzene rings is 12. The van der Waals surface area contributed by atoms with E-state index >= 15 is 0 Å². The van der Waals surface area contributed by atoms with Crippen molar-refractivity contribution in [2.45, 2.75) is 0 Å². The number of hydrogen-bond donors (Lipinski definition) is 0. The zero-order chi connectivity index (χ0) is 45.2. The molecule has 1 aliphatic carbocycles. The summed E-state index contributed by atoms with van der Waals surface area (Å²) in [6.07, 6.45) is 3.97. The van der Waals surface area contributed by atoms with Gasteiger partial charge in [-0.2, -0.15) is 0 Å². The Morgan fingerprint density at radius 2 is 0.812 bits per heavy atom. The summed E-state index contributed by atoms with van der Waals surface area (Å²) < 4.78 is 2.43. The molecule has 0 amide bonds. The van der Waals surface area contributed by atoms with Crippen LogP contribution in [0.25, 0.3) is 148 Å². The van der Waals surface area contributed by atoms with Crippen LogP contribution in [0.5, 0.6) is 0 Å². The van der Waals surface area contributed by atoms with Crippen molar-refractivity contribution in [3.8, 4) is 72.4 Å². The molecular weight excluding hydrogens is 833 g/mol. The predicted octanol–water partition coefficient (Wildman–Crippen LogP) is 18.3. The average molecular weight is 873 g/mol. The highest BCUT2D eigenvalue weighted by molar-refractivity contribution is 6.31. The molecule has 1 aliphatic rings. The molecular formula is C67H40N2. The van der Waals surface area contributed by atoms with Crippen molar-refractivity contribution in [1.82, 2.24) is 9.55 Å². The Labute approximate surface area is 398 Å². The van der Waals surface area contributed by atoms with E-state index in [-0.39, 0.29) is 0 Å². The second kappa shape index (κ2) is 14.7. The fourth-order valence-electron chi connectivity index (χ4n) is 12.2. The van der Waals surface area contributed by atoms with Crippen molar-refractivity contribution >= 4 is 75.7 Å². The normalized spacial score (nSPS) is 12.1. The van der Waals surface area contributed by atoms with Crippen LogP contribution in [0, 0.1) is 0 Å². The van der Waals surface area contributed by atoms with Crippen LogP contribution in [-0.4, -0.2) is 9.55 Å². The second-order valence-corrected chi connectivity index (χ2v) is 18.5. The molecule has 69 heavy (non-hydrogen) atoms. The van der Waals surface area contributed by atoms with Gasteiger partial charge in [0.2, 0.25) is 0 Å². The van der Waals surface area contributed by atoms with Crippen molar-refractivity contribution < 1.29 is 0 Å². The first-order valence-electron chi connectivity index (χ1n) is 23.9. The lowest BCUT2D eigenvalue weighted by Gasteiger charge is -2.23. The summed E-state index contributed by atoms with van der Waals surface area (Å²) in [5.74, 6) is 0. The van der Waals surface area contributed by atoms with Gasteiger partial charge >= 0.3 is 0 Å². The minimum absolute atomic E-state index is 1.13. The Morgan fingerprint density at radius 3 is 1.46 bits per heavy atom. The monoisotopic (exact) mass is 872 g/mol. The predicted molar refractivity (Wildman–Crippen MR) is 292 cm³/mol. The van der Waals surface area contributed by atoms with Crippen LogP contribution >= 0.6 is 0 Å². The summed E-state index contributed by atoms with van der Waals surface area (Å²) in [6.45, 7) is 0. The van der Waals surface area contributed by atoms with E-state index < -0.39 is 0 Å². The highest BCUT2D eigenvalue weighted by Gasteiger charge is 2.32. The van der Waals surface area contributed by atoms with Crippen LogP contribution in [-0.2, 0) is 0 Å². The number of hydrogen-bond acceptors (Lipinski definition) is 1. The van der Waals surface area contributed by atoms with E-state index in [0.717, 1.165) is 16.6 Å². The average Bonchev–Trinajstić information content (AvgIpc) is 3.94. The van der Waals surface area contributed by atoms with E-state index in [0.29, 0.717) is 0 Å². The number of rotatable bonds is 5. The molecule has 2 heterocycles. The zero-order valence-corrected chi connectivity index (χ0v) is 37.5. The van der Waals surface area contributed by atoms with Gasteiger partial charge in [0.25, 0.3) is 0 Å². The van der Waals surface area contributed by atoms with E-state index in [1.54, 1.807) is 0 Å². The number of nitrogens with zero attached hydrogens (tertiary/aromatic N) is 2. The van der Waals surface area contributed by atoms with Crippen LogP contribution in [0.2, 0.25) is 0 Å². The quantitative estimate of drug-likeness (QED) is 0.158. The van der Waals surface area contributed by atoms with Gasteiger partial charge in [-0.05, 0) is 146 Å². The van der Waals surface area contributed by atoms with Crippen molar-refractivity contribution in [2.24, 2.45) is 0 Å². The SMILES string of the molecule is c1ccc(-c2c3ccccc3c(-c3ccccc3)c3cc(-c4c5c(c(-c6cc7c8cnccc8n(-c8ccccc8)c7c7ccccc67)c6ccccc46)-c4cccc6cccc-5c46)ccc23)cc1. The van der Waals surface area contributed by atoms with E-state index in [9.17, 15) is 0 Å². The molecule has 12 aromatic carbocycles. The smallest absolute Gasteiger partial charge is 0.0620 e. The fraction of sp³-hybridized carbons (Fsp3) is 0. The molecule has 0 saturated carbocycles. The molecule has 0 saturated heterocycles. The van der Waals surface area contributed by atoms with E-state index in [2.05, 4.69) is 235 Å². The van der Waals surface area contributed by atoms with Gasteiger partial charge in [0.15, 0.2) is 0 Å². The van der Waals surface area contributed by atoms with Gasteiger partial charge in [-0.15, -0.1) is 0 Å². The lowest BCUT2D eigenvalue weighted by atomic mass is 9.80. The lowest BCUT2D eigenvalue weighted by molar-refractivity contribution is 1.18. The maximum Gasteiger partial charge on any atom is 0.0620 e. The summed E-state index contributed by atoms with van der Waals surface area (Å²) in [5, 5.41) is 14.8. The molecule has 2 nitrogen and oxygen atoms in total. The first-order valence-corrected chi connectivity index (χ1v) is 23.9. The zero-order valence-electron chi connectivity index (χ0n) is 37.5. The van der Waals surface area contributed by atoms with Crippen LogP contribution in [0.1, 0.15) is 0 Å². The molecule has 0 unspecified atom stereocenters. The highest BCUT2D eigenvalue weighted by Crippen LogP contribution is 2.59. The van der Waals surface area contributed by atoms with Crippen molar-refractivity contribution in [3.63, 3.8) is 0 Å². The standard InChI is InChI=1S/C67H40N2/c1-4-18-41(19-5-1)60-47-27-11-12-28-48(47)61(42-20-6-2-7-21-42)55-38-44(34-35-51(55)60)63-49-29-13-14-30-50(49)64(66-54-33-17-23-43-22-16-32-53(62(43)54)65(63)66)56-39-57-58-40-68-37-36-59(58)69(45-24-8-3-9-25-45)67(57)52-31-15-10-26-46(52)56/h1-40H. The third-order valence-electron chi connectivity index (χ3n) is 14.9. The Kier molecular flexibility index (Phi) is 8.10. The van der Waals surface area contributed by atoms with Gasteiger partial charge < -0.3 is 4.57 Å². The number of pyridine rings is 1.